The minimum Gasteiger partial charge on any atom is -0.387 e. The van der Waals surface area contributed by atoms with Crippen LogP contribution >= 0.6 is 0 Å². The molecule has 2 aromatic rings. The van der Waals surface area contributed by atoms with E-state index >= 15 is 0 Å². The Morgan fingerprint density at radius 1 is 1.53 bits per heavy atom. The molecule has 7 heteroatoms. The van der Waals surface area contributed by atoms with Gasteiger partial charge in [0.2, 0.25) is 0 Å². The number of aryl methyl sites for hydroxylation is 1. The van der Waals surface area contributed by atoms with Gasteiger partial charge in [0.1, 0.15) is 6.61 Å². The van der Waals surface area contributed by atoms with E-state index in [1.807, 2.05) is 16.9 Å². The van der Waals surface area contributed by atoms with Crippen molar-refractivity contribution in [3.8, 4) is 0 Å². The molecule has 2 aromatic heterocycles. The summed E-state index contributed by atoms with van der Waals surface area (Å²) >= 11 is 0. The summed E-state index contributed by atoms with van der Waals surface area (Å²) in [6.07, 6.45) is 5.45. The van der Waals surface area contributed by atoms with E-state index in [0.29, 0.717) is 18.3 Å². The number of rotatable bonds is 8. The Balaban J connectivity index is 1.62. The first-order chi connectivity index (χ1) is 9.28. The van der Waals surface area contributed by atoms with Crippen LogP contribution in [-0.2, 0) is 19.6 Å². The van der Waals surface area contributed by atoms with Crippen LogP contribution < -0.4 is 5.32 Å². The minimum absolute atomic E-state index is 0.208. The third-order valence-corrected chi connectivity index (χ3v) is 2.84. The summed E-state index contributed by atoms with van der Waals surface area (Å²) in [4.78, 5) is 4.03. The van der Waals surface area contributed by atoms with Crippen molar-refractivity contribution in [1.82, 2.24) is 25.2 Å². The lowest BCUT2D eigenvalue weighted by atomic mass is 10.2. The maximum Gasteiger partial charge on any atom is 0.252 e. The Morgan fingerprint density at radius 2 is 2.42 bits per heavy atom. The first-order valence-electron chi connectivity index (χ1n) is 6.41. The zero-order valence-corrected chi connectivity index (χ0v) is 11.0. The molecule has 2 rings (SSSR count). The standard InChI is InChI=1S/C12H19N5O2/c1-10(4-8-17-7-2-5-14-17)13-6-3-11-15-12(9-18)19-16-11/h2,5,7,10,13,18H,3-4,6,8-9H2,1H3. The maximum absolute atomic E-state index is 8.80. The zero-order valence-electron chi connectivity index (χ0n) is 11.0. The summed E-state index contributed by atoms with van der Waals surface area (Å²) in [5, 5.41) is 20.1. The smallest absolute Gasteiger partial charge is 0.252 e. The second kappa shape index (κ2) is 7.01. The predicted octanol–water partition coefficient (Wildman–Crippen LogP) is 0.369. The van der Waals surface area contributed by atoms with Gasteiger partial charge < -0.3 is 14.9 Å². The van der Waals surface area contributed by atoms with Gasteiger partial charge in [0.05, 0.1) is 0 Å². The molecule has 0 radical (unpaired) electrons. The molecule has 0 saturated heterocycles. The molecule has 1 unspecified atom stereocenters. The van der Waals surface area contributed by atoms with Crippen molar-refractivity contribution in [3.05, 3.63) is 30.2 Å². The van der Waals surface area contributed by atoms with Crippen LogP contribution in [0, 0.1) is 0 Å². The van der Waals surface area contributed by atoms with Crippen LogP contribution in [0.4, 0.5) is 0 Å². The predicted molar refractivity (Wildman–Crippen MR) is 68.2 cm³/mol. The van der Waals surface area contributed by atoms with Crippen molar-refractivity contribution >= 4 is 0 Å². The van der Waals surface area contributed by atoms with Crippen LogP contribution in [0.5, 0.6) is 0 Å². The van der Waals surface area contributed by atoms with Gasteiger partial charge in [0.25, 0.3) is 5.89 Å². The molecule has 0 aromatic carbocycles. The monoisotopic (exact) mass is 265 g/mol. The summed E-state index contributed by atoms with van der Waals surface area (Å²) < 4.78 is 6.74. The van der Waals surface area contributed by atoms with Crippen LogP contribution in [-0.4, -0.2) is 37.6 Å². The van der Waals surface area contributed by atoms with E-state index in [9.17, 15) is 0 Å². The fraction of sp³-hybridized carbons (Fsp3) is 0.583. The molecule has 19 heavy (non-hydrogen) atoms. The molecule has 0 aliphatic rings. The van der Waals surface area contributed by atoms with Gasteiger partial charge in [-0.15, -0.1) is 0 Å². The molecule has 0 spiro atoms. The number of nitrogens with zero attached hydrogens (tertiary/aromatic N) is 4. The molecule has 0 aliphatic carbocycles. The average Bonchev–Trinajstić information content (AvgIpc) is 3.07. The normalized spacial score (nSPS) is 12.7. The van der Waals surface area contributed by atoms with E-state index in [0.717, 1.165) is 19.5 Å². The Morgan fingerprint density at radius 3 is 3.11 bits per heavy atom. The van der Waals surface area contributed by atoms with E-state index in [4.69, 9.17) is 9.63 Å². The number of aliphatic hydroxyl groups excluding tert-OH is 1. The quantitative estimate of drug-likeness (QED) is 0.717. The van der Waals surface area contributed by atoms with Crippen LogP contribution in [0.2, 0.25) is 0 Å². The summed E-state index contributed by atoms with van der Waals surface area (Å²) in [7, 11) is 0. The largest absolute Gasteiger partial charge is 0.387 e. The molecule has 104 valence electrons. The third-order valence-electron chi connectivity index (χ3n) is 2.84. The lowest BCUT2D eigenvalue weighted by molar-refractivity contribution is 0.222. The Hall–Kier alpha value is -1.73. The highest BCUT2D eigenvalue weighted by atomic mass is 16.5. The summed E-state index contributed by atoms with van der Waals surface area (Å²) in [5.74, 6) is 0.887. The Kier molecular flexibility index (Phi) is 5.05. The molecule has 1 atom stereocenters. The van der Waals surface area contributed by atoms with E-state index in [1.54, 1.807) is 6.20 Å². The summed E-state index contributed by atoms with van der Waals surface area (Å²) in [6.45, 7) is 3.61. The SMILES string of the molecule is CC(CCn1cccn1)NCCc1noc(CO)n1. The minimum atomic E-state index is -0.208. The van der Waals surface area contributed by atoms with Crippen molar-refractivity contribution in [3.63, 3.8) is 0 Å². The van der Waals surface area contributed by atoms with Crippen LogP contribution in [0.1, 0.15) is 25.1 Å². The molecule has 0 amide bonds. The van der Waals surface area contributed by atoms with Gasteiger partial charge in [0, 0.05) is 37.9 Å². The van der Waals surface area contributed by atoms with Gasteiger partial charge in [-0.1, -0.05) is 5.16 Å². The molecule has 0 saturated carbocycles. The van der Waals surface area contributed by atoms with Crippen molar-refractivity contribution in [2.45, 2.75) is 39.0 Å². The topological polar surface area (TPSA) is 89.0 Å². The van der Waals surface area contributed by atoms with E-state index in [-0.39, 0.29) is 12.5 Å². The van der Waals surface area contributed by atoms with Gasteiger partial charge in [-0.05, 0) is 19.4 Å². The lowest BCUT2D eigenvalue weighted by Crippen LogP contribution is -2.29. The second-order valence-corrected chi connectivity index (χ2v) is 4.43. The number of aromatic nitrogens is 4. The highest BCUT2D eigenvalue weighted by molar-refractivity contribution is 4.85. The Labute approximate surface area is 111 Å². The van der Waals surface area contributed by atoms with Crippen molar-refractivity contribution in [2.24, 2.45) is 0 Å². The molecule has 0 bridgehead atoms. The van der Waals surface area contributed by atoms with Gasteiger partial charge in [-0.2, -0.15) is 10.1 Å². The molecular formula is C12H19N5O2. The fourth-order valence-electron chi connectivity index (χ4n) is 1.75. The van der Waals surface area contributed by atoms with Crippen LogP contribution in [0.25, 0.3) is 0 Å². The first kappa shape index (κ1) is 13.7. The molecule has 2 N–H and O–H groups in total. The van der Waals surface area contributed by atoms with Crippen LogP contribution in [0.3, 0.4) is 0 Å². The van der Waals surface area contributed by atoms with Crippen molar-refractivity contribution < 1.29 is 9.63 Å². The average molecular weight is 265 g/mol. The number of hydrogen-bond acceptors (Lipinski definition) is 6. The maximum atomic E-state index is 8.80. The first-order valence-corrected chi connectivity index (χ1v) is 6.41. The van der Waals surface area contributed by atoms with E-state index in [1.165, 1.54) is 0 Å². The number of nitrogens with one attached hydrogen (secondary N) is 1. The van der Waals surface area contributed by atoms with Crippen molar-refractivity contribution in [1.29, 1.82) is 0 Å². The van der Waals surface area contributed by atoms with Gasteiger partial charge in [0.15, 0.2) is 5.82 Å². The van der Waals surface area contributed by atoms with Gasteiger partial charge >= 0.3 is 0 Å². The van der Waals surface area contributed by atoms with Gasteiger partial charge in [-0.3, -0.25) is 4.68 Å². The number of hydrogen-bond donors (Lipinski definition) is 2. The van der Waals surface area contributed by atoms with E-state index < -0.39 is 0 Å². The molecular weight excluding hydrogens is 246 g/mol. The molecule has 0 fully saturated rings. The number of aliphatic hydroxyl groups is 1. The molecule has 7 nitrogen and oxygen atoms in total. The van der Waals surface area contributed by atoms with Gasteiger partial charge in [-0.25, -0.2) is 0 Å². The molecule has 0 aliphatic heterocycles. The highest BCUT2D eigenvalue weighted by Gasteiger charge is 2.06. The van der Waals surface area contributed by atoms with E-state index in [2.05, 4.69) is 27.5 Å². The third kappa shape index (κ3) is 4.46. The molecule has 2 heterocycles. The summed E-state index contributed by atoms with van der Waals surface area (Å²) in [6, 6.07) is 2.32. The fourth-order valence-corrected chi connectivity index (χ4v) is 1.75. The van der Waals surface area contributed by atoms with Crippen molar-refractivity contribution in [2.75, 3.05) is 6.54 Å². The summed E-state index contributed by atoms with van der Waals surface area (Å²) in [5.41, 5.74) is 0. The van der Waals surface area contributed by atoms with Crippen LogP contribution in [0.15, 0.2) is 23.0 Å². The zero-order chi connectivity index (χ0) is 13.5. The lowest BCUT2D eigenvalue weighted by Gasteiger charge is -2.12. The Bertz CT molecular complexity index is 468. The second-order valence-electron chi connectivity index (χ2n) is 4.43. The highest BCUT2D eigenvalue weighted by Crippen LogP contribution is 1.99.